The molecule has 1 spiro atoms. The molecule has 2 radical (unpaired) electrons. The summed E-state index contributed by atoms with van der Waals surface area (Å²) in [4.78, 5) is 15.0. The lowest BCUT2D eigenvalue weighted by Crippen LogP contribution is -2.54. The van der Waals surface area contributed by atoms with Crippen LogP contribution in [-0.2, 0) is 21.2 Å². The summed E-state index contributed by atoms with van der Waals surface area (Å²) in [5, 5.41) is 9.45. The van der Waals surface area contributed by atoms with Gasteiger partial charge in [-0.1, -0.05) is 49.4 Å². The lowest BCUT2D eigenvalue weighted by atomic mass is 9.82. The maximum absolute atomic E-state index is 13.3. The highest BCUT2D eigenvalue weighted by Crippen LogP contribution is 2.55. The van der Waals surface area contributed by atoms with Crippen LogP contribution in [0.4, 0.5) is 0 Å². The molecule has 1 aromatic carbocycles. The van der Waals surface area contributed by atoms with E-state index in [9.17, 15) is 18.3 Å². The van der Waals surface area contributed by atoms with Crippen molar-refractivity contribution >= 4 is 38.6 Å². The highest BCUT2D eigenvalue weighted by molar-refractivity contribution is 7.88. The smallest absolute Gasteiger partial charge is 0.251 e. The van der Waals surface area contributed by atoms with Gasteiger partial charge < -0.3 is 10.0 Å². The second-order valence-corrected chi connectivity index (χ2v) is 13.1. The van der Waals surface area contributed by atoms with Crippen LogP contribution in [0, 0.1) is 5.41 Å². The van der Waals surface area contributed by atoms with Crippen LogP contribution in [0.3, 0.4) is 0 Å². The molecule has 5 atom stereocenters. The molecular formula is C24H32BN2O4PS. The van der Waals surface area contributed by atoms with Crippen LogP contribution in [0.5, 0.6) is 0 Å². The van der Waals surface area contributed by atoms with E-state index >= 15 is 0 Å². The van der Waals surface area contributed by atoms with Crippen LogP contribution < -0.4 is 4.72 Å². The van der Waals surface area contributed by atoms with Gasteiger partial charge in [0.1, 0.15) is 6.10 Å². The van der Waals surface area contributed by atoms with Crippen LogP contribution in [-0.4, -0.2) is 68.2 Å². The quantitative estimate of drug-likeness (QED) is 0.456. The Labute approximate surface area is 200 Å². The van der Waals surface area contributed by atoms with Gasteiger partial charge >= 0.3 is 0 Å². The van der Waals surface area contributed by atoms with Crippen LogP contribution >= 0.6 is 9.24 Å². The molecule has 1 saturated carbocycles. The van der Waals surface area contributed by atoms with E-state index in [0.29, 0.717) is 13.0 Å². The summed E-state index contributed by atoms with van der Waals surface area (Å²) in [6.07, 6.45) is 10.5. The molecule has 2 aliphatic carbocycles. The Morgan fingerprint density at radius 1 is 1.39 bits per heavy atom. The topological polar surface area (TPSA) is 86.7 Å². The Morgan fingerprint density at radius 2 is 2.12 bits per heavy atom. The van der Waals surface area contributed by atoms with Crippen LogP contribution in [0.25, 0.3) is 5.57 Å². The minimum Gasteiger partial charge on any atom is -0.383 e. The second kappa shape index (κ2) is 8.96. The SMILES string of the molecule is [B]C(C)(P)C(O)C(=O)N1CC2(CC2)C(NS(C)(=O)=O)C1Cc1cccc(C2=CCCC=C2)c1. The number of carbonyl (C=O) groups is 1. The minimum absolute atomic E-state index is 0.290. The molecule has 1 aromatic rings. The highest BCUT2D eigenvalue weighted by atomic mass is 32.2. The Bertz CT molecular complexity index is 1090. The van der Waals surface area contributed by atoms with Gasteiger partial charge in [-0.15, -0.1) is 9.24 Å². The average Bonchev–Trinajstić information content (AvgIpc) is 3.48. The molecule has 1 amide bonds. The first kappa shape index (κ1) is 24.7. The molecule has 9 heteroatoms. The van der Waals surface area contributed by atoms with Crippen molar-refractivity contribution in [3.05, 3.63) is 53.6 Å². The van der Waals surface area contributed by atoms with E-state index in [2.05, 4.69) is 44.3 Å². The predicted molar refractivity (Wildman–Crippen MR) is 135 cm³/mol. The van der Waals surface area contributed by atoms with E-state index in [-0.39, 0.29) is 5.41 Å². The van der Waals surface area contributed by atoms with Gasteiger partial charge in [0.25, 0.3) is 5.91 Å². The Morgan fingerprint density at radius 3 is 2.70 bits per heavy atom. The Balaban J connectivity index is 1.67. The van der Waals surface area contributed by atoms with E-state index < -0.39 is 39.2 Å². The molecule has 6 nitrogen and oxygen atoms in total. The molecule has 2 fully saturated rings. The molecule has 2 N–H and O–H groups in total. The van der Waals surface area contributed by atoms with E-state index in [4.69, 9.17) is 7.85 Å². The predicted octanol–water partition coefficient (Wildman–Crippen LogP) is 1.99. The summed E-state index contributed by atoms with van der Waals surface area (Å²) < 4.78 is 27.3. The van der Waals surface area contributed by atoms with Crippen molar-refractivity contribution in [3.63, 3.8) is 0 Å². The number of aliphatic hydroxyl groups excluding tert-OH is 1. The van der Waals surface area contributed by atoms with Gasteiger partial charge in [-0.25, -0.2) is 13.1 Å². The normalized spacial score (nSPS) is 26.7. The third-order valence-corrected chi connectivity index (χ3v) is 7.97. The zero-order chi connectivity index (χ0) is 24.0. The van der Waals surface area contributed by atoms with E-state index in [1.807, 2.05) is 12.1 Å². The third kappa shape index (κ3) is 5.45. The first-order chi connectivity index (χ1) is 15.4. The molecule has 1 aliphatic heterocycles. The summed E-state index contributed by atoms with van der Waals surface area (Å²) in [5.74, 6) is -0.460. The lowest BCUT2D eigenvalue weighted by Gasteiger charge is -2.34. The van der Waals surface area contributed by atoms with E-state index in [1.165, 1.54) is 5.57 Å². The summed E-state index contributed by atoms with van der Waals surface area (Å²) in [5.41, 5.74) is 3.00. The Kier molecular flexibility index (Phi) is 6.69. The summed E-state index contributed by atoms with van der Waals surface area (Å²) in [6, 6.07) is 7.36. The van der Waals surface area contributed by atoms with Gasteiger partial charge in [-0.2, -0.15) is 0 Å². The maximum Gasteiger partial charge on any atom is 0.251 e. The number of sulfonamides is 1. The molecule has 0 aromatic heterocycles. The van der Waals surface area contributed by atoms with Gasteiger partial charge in [0.15, 0.2) is 0 Å². The second-order valence-electron chi connectivity index (χ2n) is 10.1. The first-order valence-electron chi connectivity index (χ1n) is 11.4. The van der Waals surface area contributed by atoms with Crippen molar-refractivity contribution in [2.45, 2.75) is 62.3 Å². The van der Waals surface area contributed by atoms with Crippen molar-refractivity contribution in [2.24, 2.45) is 5.41 Å². The number of amides is 1. The number of hydrogen-bond acceptors (Lipinski definition) is 4. The van der Waals surface area contributed by atoms with E-state index in [1.54, 1.807) is 11.8 Å². The molecule has 3 aliphatic rings. The average molecular weight is 486 g/mol. The molecule has 5 unspecified atom stereocenters. The van der Waals surface area contributed by atoms with E-state index in [0.717, 1.165) is 43.1 Å². The number of benzene rings is 1. The molecule has 4 rings (SSSR count). The van der Waals surface area contributed by atoms with Crippen LogP contribution in [0.1, 0.15) is 43.7 Å². The van der Waals surface area contributed by atoms with Gasteiger partial charge in [-0.05, 0) is 53.9 Å². The standard InChI is InChI=1S/C24H32BN2O4PS/c1-23(25,32)21(28)22(29)27-15-24(11-12-24)20(26-33(2,30)31)19(27)14-16-7-6-10-18(13-16)17-8-4-3-5-9-17/h4,6-10,13,19-21,26,28H,3,5,11-12,14-15,32H2,1-2H3. The number of nitrogens with zero attached hydrogens (tertiary/aromatic N) is 1. The molecular weight excluding hydrogens is 454 g/mol. The van der Waals surface area contributed by atoms with Gasteiger partial charge in [-0.3, -0.25) is 4.79 Å². The van der Waals surface area contributed by atoms with Gasteiger partial charge in [0.05, 0.1) is 20.1 Å². The Hall–Kier alpha value is -1.47. The number of aliphatic hydroxyl groups is 1. The fraction of sp³-hybridized carbons (Fsp3) is 0.542. The minimum atomic E-state index is -3.48. The fourth-order valence-electron chi connectivity index (χ4n) is 5.05. The molecule has 176 valence electrons. The largest absolute Gasteiger partial charge is 0.383 e. The van der Waals surface area contributed by atoms with Gasteiger partial charge in [0, 0.05) is 18.0 Å². The number of nitrogens with one attached hydrogen (secondary N) is 1. The van der Waals surface area contributed by atoms with Crippen LogP contribution in [0.15, 0.2) is 42.5 Å². The number of rotatable bonds is 7. The number of hydrogen-bond donors (Lipinski definition) is 2. The number of likely N-dealkylation sites (tertiary alicyclic amines) is 1. The summed E-state index contributed by atoms with van der Waals surface area (Å²) in [6.45, 7) is 1.99. The zero-order valence-electron chi connectivity index (χ0n) is 19.2. The molecule has 1 saturated heterocycles. The zero-order valence-corrected chi connectivity index (χ0v) is 21.2. The first-order valence-corrected chi connectivity index (χ1v) is 13.9. The highest BCUT2D eigenvalue weighted by Gasteiger charge is 2.61. The summed E-state index contributed by atoms with van der Waals surface area (Å²) >= 11 is 0. The molecule has 0 bridgehead atoms. The summed E-state index contributed by atoms with van der Waals surface area (Å²) in [7, 11) is 4.84. The number of carbonyl (C=O) groups excluding carboxylic acids is 1. The fourth-order valence-corrected chi connectivity index (χ4v) is 6.06. The van der Waals surface area contributed by atoms with Gasteiger partial charge in [0.2, 0.25) is 10.0 Å². The van der Waals surface area contributed by atoms with Crippen molar-refractivity contribution in [1.82, 2.24) is 9.62 Å². The molecule has 33 heavy (non-hydrogen) atoms. The number of allylic oxidation sites excluding steroid dienone is 4. The molecule has 1 heterocycles. The van der Waals surface area contributed by atoms with Crippen molar-refractivity contribution in [3.8, 4) is 0 Å². The van der Waals surface area contributed by atoms with Crippen LogP contribution in [0.2, 0.25) is 0 Å². The van der Waals surface area contributed by atoms with Crippen molar-refractivity contribution in [2.75, 3.05) is 12.8 Å². The lowest BCUT2D eigenvalue weighted by molar-refractivity contribution is -0.141. The third-order valence-electron chi connectivity index (χ3n) is 6.97. The maximum atomic E-state index is 13.3. The monoisotopic (exact) mass is 486 g/mol. The van der Waals surface area contributed by atoms with Crippen molar-refractivity contribution < 1.29 is 18.3 Å². The van der Waals surface area contributed by atoms with Crippen molar-refractivity contribution in [1.29, 1.82) is 0 Å².